The third-order valence-corrected chi connectivity index (χ3v) is 2.99. The maximum absolute atomic E-state index is 4.09. The van der Waals surface area contributed by atoms with Gasteiger partial charge in [0.15, 0.2) is 0 Å². The Balaban J connectivity index is 2.23. The SMILES string of the molecule is CSCn1cc(-c2cccs2)nn1. The molecule has 13 heavy (non-hydrogen) atoms. The zero-order valence-electron chi connectivity index (χ0n) is 7.17. The van der Waals surface area contributed by atoms with Crippen LogP contribution in [0.25, 0.3) is 10.6 Å². The van der Waals surface area contributed by atoms with E-state index in [1.54, 1.807) is 23.1 Å². The van der Waals surface area contributed by atoms with Crippen molar-refractivity contribution in [3.05, 3.63) is 23.7 Å². The summed E-state index contributed by atoms with van der Waals surface area (Å²) in [4.78, 5) is 1.17. The normalized spacial score (nSPS) is 10.5. The molecule has 0 aliphatic heterocycles. The van der Waals surface area contributed by atoms with Crippen molar-refractivity contribution in [1.82, 2.24) is 15.0 Å². The van der Waals surface area contributed by atoms with Crippen molar-refractivity contribution >= 4 is 23.1 Å². The molecule has 0 saturated carbocycles. The Morgan fingerprint density at radius 2 is 2.54 bits per heavy atom. The van der Waals surface area contributed by atoms with Gasteiger partial charge in [-0.3, -0.25) is 0 Å². The van der Waals surface area contributed by atoms with Crippen LogP contribution in [-0.4, -0.2) is 21.2 Å². The van der Waals surface area contributed by atoms with Crippen LogP contribution in [0.2, 0.25) is 0 Å². The average Bonchev–Trinajstić information content (AvgIpc) is 2.70. The minimum absolute atomic E-state index is 0.859. The van der Waals surface area contributed by atoms with Crippen LogP contribution in [0, 0.1) is 0 Å². The van der Waals surface area contributed by atoms with Gasteiger partial charge in [0.1, 0.15) is 5.69 Å². The van der Waals surface area contributed by atoms with E-state index < -0.39 is 0 Å². The van der Waals surface area contributed by atoms with Crippen LogP contribution in [0.1, 0.15) is 0 Å². The van der Waals surface area contributed by atoms with Crippen LogP contribution in [0.5, 0.6) is 0 Å². The molecule has 3 nitrogen and oxygen atoms in total. The van der Waals surface area contributed by atoms with Crippen LogP contribution < -0.4 is 0 Å². The van der Waals surface area contributed by atoms with Gasteiger partial charge in [0.05, 0.1) is 17.0 Å². The van der Waals surface area contributed by atoms with Crippen molar-refractivity contribution in [2.24, 2.45) is 0 Å². The number of aromatic nitrogens is 3. The van der Waals surface area contributed by atoms with Crippen molar-refractivity contribution in [3.8, 4) is 10.6 Å². The number of hydrogen-bond donors (Lipinski definition) is 0. The van der Waals surface area contributed by atoms with Crippen LogP contribution in [0.3, 0.4) is 0 Å². The van der Waals surface area contributed by atoms with E-state index in [9.17, 15) is 0 Å². The quantitative estimate of drug-likeness (QED) is 0.780. The Labute approximate surface area is 84.8 Å². The fraction of sp³-hybridized carbons (Fsp3) is 0.250. The van der Waals surface area contributed by atoms with Gasteiger partial charge in [-0.2, -0.15) is 0 Å². The number of thiophene rings is 1. The molecule has 0 bridgehead atoms. The van der Waals surface area contributed by atoms with Gasteiger partial charge in [0.25, 0.3) is 0 Å². The highest BCUT2D eigenvalue weighted by molar-refractivity contribution is 7.97. The summed E-state index contributed by atoms with van der Waals surface area (Å²) in [7, 11) is 0. The molecule has 0 saturated heterocycles. The molecule has 2 aromatic rings. The van der Waals surface area contributed by atoms with E-state index in [1.807, 2.05) is 28.6 Å². The Kier molecular flexibility index (Phi) is 2.65. The Bertz CT molecular complexity index is 366. The highest BCUT2D eigenvalue weighted by atomic mass is 32.2. The van der Waals surface area contributed by atoms with Crippen molar-refractivity contribution in [1.29, 1.82) is 0 Å². The summed E-state index contributed by atoms with van der Waals surface area (Å²) < 4.78 is 1.85. The second-order valence-electron chi connectivity index (χ2n) is 2.54. The van der Waals surface area contributed by atoms with Gasteiger partial charge in [-0.05, 0) is 17.7 Å². The van der Waals surface area contributed by atoms with Gasteiger partial charge < -0.3 is 0 Å². The Morgan fingerprint density at radius 1 is 1.62 bits per heavy atom. The lowest BCUT2D eigenvalue weighted by atomic mass is 10.4. The van der Waals surface area contributed by atoms with Gasteiger partial charge in [0.2, 0.25) is 0 Å². The highest BCUT2D eigenvalue weighted by Crippen LogP contribution is 2.21. The van der Waals surface area contributed by atoms with Gasteiger partial charge in [-0.25, -0.2) is 4.68 Å². The highest BCUT2D eigenvalue weighted by Gasteiger charge is 2.03. The van der Waals surface area contributed by atoms with Crippen LogP contribution in [0.15, 0.2) is 23.7 Å². The number of nitrogens with zero attached hydrogens (tertiary/aromatic N) is 3. The zero-order chi connectivity index (χ0) is 9.10. The molecule has 5 heteroatoms. The van der Waals surface area contributed by atoms with Crippen molar-refractivity contribution in [2.75, 3.05) is 6.26 Å². The van der Waals surface area contributed by atoms with E-state index in [2.05, 4.69) is 16.4 Å². The Morgan fingerprint density at radius 3 is 3.23 bits per heavy atom. The molecule has 0 aliphatic carbocycles. The van der Waals surface area contributed by atoms with Crippen LogP contribution in [-0.2, 0) is 5.88 Å². The lowest BCUT2D eigenvalue weighted by molar-refractivity contribution is 0.702. The molecule has 0 unspecified atom stereocenters. The predicted molar refractivity (Wildman–Crippen MR) is 56.9 cm³/mol. The number of thioether (sulfide) groups is 1. The smallest absolute Gasteiger partial charge is 0.123 e. The third-order valence-electron chi connectivity index (χ3n) is 1.57. The van der Waals surface area contributed by atoms with Gasteiger partial charge >= 0.3 is 0 Å². The van der Waals surface area contributed by atoms with Crippen molar-refractivity contribution < 1.29 is 0 Å². The molecule has 0 radical (unpaired) electrons. The first kappa shape index (κ1) is 8.77. The maximum Gasteiger partial charge on any atom is 0.123 e. The first-order valence-corrected chi connectivity index (χ1v) is 6.10. The Hall–Kier alpha value is -0.810. The third kappa shape index (κ3) is 1.92. The van der Waals surface area contributed by atoms with E-state index in [1.165, 1.54) is 4.88 Å². The molecule has 0 spiro atoms. The molecule has 2 heterocycles. The summed E-state index contributed by atoms with van der Waals surface area (Å²) in [6, 6.07) is 4.08. The first-order chi connectivity index (χ1) is 6.40. The second-order valence-corrected chi connectivity index (χ2v) is 4.32. The zero-order valence-corrected chi connectivity index (χ0v) is 8.81. The molecule has 2 rings (SSSR count). The molecule has 68 valence electrons. The molecule has 0 aliphatic rings. The molecule has 0 fully saturated rings. The predicted octanol–water partition coefficient (Wildman–Crippen LogP) is 2.33. The minimum atomic E-state index is 0.859. The topological polar surface area (TPSA) is 30.7 Å². The molecule has 0 N–H and O–H groups in total. The average molecular weight is 211 g/mol. The van der Waals surface area contributed by atoms with Crippen LogP contribution >= 0.6 is 23.1 Å². The number of rotatable bonds is 3. The largest absolute Gasteiger partial charge is 0.242 e. The lowest BCUT2D eigenvalue weighted by Crippen LogP contribution is -1.93. The van der Waals surface area contributed by atoms with E-state index in [4.69, 9.17) is 0 Å². The van der Waals surface area contributed by atoms with E-state index >= 15 is 0 Å². The first-order valence-electron chi connectivity index (χ1n) is 3.83. The van der Waals surface area contributed by atoms with Crippen LogP contribution in [0.4, 0.5) is 0 Å². The monoisotopic (exact) mass is 211 g/mol. The van der Waals surface area contributed by atoms with Crippen molar-refractivity contribution in [3.63, 3.8) is 0 Å². The summed E-state index contributed by atoms with van der Waals surface area (Å²) >= 11 is 3.41. The van der Waals surface area contributed by atoms with Gasteiger partial charge in [-0.1, -0.05) is 11.3 Å². The standard InChI is InChI=1S/C8H9N3S2/c1-12-6-11-5-7(9-10-11)8-3-2-4-13-8/h2-5H,6H2,1H3. The van der Waals surface area contributed by atoms with Gasteiger partial charge in [-0.15, -0.1) is 28.2 Å². The molecular formula is C8H9N3S2. The summed E-state index contributed by atoms with van der Waals surface area (Å²) in [6.07, 6.45) is 4.02. The summed E-state index contributed by atoms with van der Waals surface area (Å²) in [5.74, 6) is 0.859. The molecule has 0 amide bonds. The van der Waals surface area contributed by atoms with E-state index in [0.29, 0.717) is 0 Å². The summed E-state index contributed by atoms with van der Waals surface area (Å²) in [5.41, 5.74) is 0.962. The van der Waals surface area contributed by atoms with E-state index in [0.717, 1.165) is 11.6 Å². The summed E-state index contributed by atoms with van der Waals surface area (Å²) in [5, 5.41) is 10.1. The van der Waals surface area contributed by atoms with Gasteiger partial charge in [0, 0.05) is 0 Å². The molecule has 0 atom stereocenters. The van der Waals surface area contributed by atoms with E-state index in [-0.39, 0.29) is 0 Å². The maximum atomic E-state index is 4.09. The lowest BCUT2D eigenvalue weighted by Gasteiger charge is -1.91. The fourth-order valence-corrected chi connectivity index (χ4v) is 2.10. The minimum Gasteiger partial charge on any atom is -0.242 e. The van der Waals surface area contributed by atoms with Crippen molar-refractivity contribution in [2.45, 2.75) is 5.88 Å². The molecule has 2 aromatic heterocycles. The fourth-order valence-electron chi connectivity index (χ4n) is 1.03. The molecule has 0 aromatic carbocycles. The second kappa shape index (κ2) is 3.93. The number of hydrogen-bond acceptors (Lipinski definition) is 4. The summed E-state index contributed by atoms with van der Waals surface area (Å²) in [6.45, 7) is 0. The molecular weight excluding hydrogens is 202 g/mol.